The number of anilines is 2. The lowest BCUT2D eigenvalue weighted by Crippen LogP contribution is -2.28. The first-order valence-electron chi connectivity index (χ1n) is 8.26. The zero-order valence-corrected chi connectivity index (χ0v) is 14.4. The van der Waals surface area contributed by atoms with Crippen LogP contribution in [-0.2, 0) is 27.4 Å². The minimum atomic E-state index is -0.406. The van der Waals surface area contributed by atoms with Crippen LogP contribution in [0.4, 0.5) is 11.6 Å². The number of rotatable bonds is 7. The minimum absolute atomic E-state index is 0.0784. The lowest BCUT2D eigenvalue weighted by molar-refractivity contribution is -0.122. The van der Waals surface area contributed by atoms with E-state index in [1.165, 1.54) is 0 Å². The summed E-state index contributed by atoms with van der Waals surface area (Å²) in [6.07, 6.45) is 7.05. The number of methoxy groups -OCH3 is 1. The predicted molar refractivity (Wildman–Crippen MR) is 91.1 cm³/mol. The van der Waals surface area contributed by atoms with Gasteiger partial charge in [0.2, 0.25) is 17.8 Å². The third kappa shape index (κ3) is 3.71. The topological polar surface area (TPSA) is 94.3 Å². The molecule has 0 saturated carbocycles. The maximum atomic E-state index is 12.5. The number of carbonyl (C=O) groups excluding carboxylic acids is 2. The molecule has 3 rings (SSSR count). The first-order chi connectivity index (χ1) is 12.1. The molecule has 1 aliphatic heterocycles. The van der Waals surface area contributed by atoms with Crippen LogP contribution >= 0.6 is 0 Å². The molecule has 9 nitrogen and oxygen atoms in total. The van der Waals surface area contributed by atoms with Crippen molar-refractivity contribution in [1.29, 1.82) is 0 Å². The molecule has 1 aliphatic rings. The largest absolute Gasteiger partial charge is 0.383 e. The lowest BCUT2D eigenvalue weighted by Gasteiger charge is -2.14. The van der Waals surface area contributed by atoms with Crippen LogP contribution in [0.5, 0.6) is 0 Å². The van der Waals surface area contributed by atoms with Crippen molar-refractivity contribution in [3.8, 4) is 0 Å². The van der Waals surface area contributed by atoms with E-state index in [0.29, 0.717) is 37.9 Å². The summed E-state index contributed by atoms with van der Waals surface area (Å²) in [5.41, 5.74) is 0.700. The number of aromatic nitrogens is 4. The van der Waals surface area contributed by atoms with Gasteiger partial charge in [0, 0.05) is 45.2 Å². The molecule has 0 bridgehead atoms. The van der Waals surface area contributed by atoms with Crippen molar-refractivity contribution in [2.24, 2.45) is 5.92 Å². The second kappa shape index (κ2) is 7.47. The summed E-state index contributed by atoms with van der Waals surface area (Å²) in [4.78, 5) is 30.5. The van der Waals surface area contributed by atoms with Crippen LogP contribution in [0.25, 0.3) is 0 Å². The normalized spacial score (nSPS) is 17.3. The highest BCUT2D eigenvalue weighted by Gasteiger charge is 2.36. The maximum absolute atomic E-state index is 12.5. The molecule has 1 unspecified atom stereocenters. The summed E-state index contributed by atoms with van der Waals surface area (Å²) in [5, 5.41) is 7.02. The van der Waals surface area contributed by atoms with Gasteiger partial charge in [-0.3, -0.25) is 19.6 Å². The molecule has 1 atom stereocenters. The third-order valence-electron chi connectivity index (χ3n) is 4.24. The van der Waals surface area contributed by atoms with Gasteiger partial charge in [0.1, 0.15) is 0 Å². The predicted octanol–water partition coefficient (Wildman–Crippen LogP) is 0.738. The molecule has 9 heteroatoms. The summed E-state index contributed by atoms with van der Waals surface area (Å²) in [5.74, 6) is -0.170. The molecule has 1 fully saturated rings. The fourth-order valence-corrected chi connectivity index (χ4v) is 2.83. The lowest BCUT2D eigenvalue weighted by atomic mass is 10.1. The molecule has 0 aromatic carbocycles. The molecule has 0 aliphatic carbocycles. The van der Waals surface area contributed by atoms with Crippen molar-refractivity contribution in [2.75, 3.05) is 30.5 Å². The van der Waals surface area contributed by atoms with Crippen LogP contribution in [0.3, 0.4) is 0 Å². The number of nitrogens with one attached hydrogen (secondary N) is 1. The Morgan fingerprint density at radius 2 is 2.32 bits per heavy atom. The molecular weight excluding hydrogens is 324 g/mol. The highest BCUT2D eigenvalue weighted by molar-refractivity contribution is 6.02. The quantitative estimate of drug-likeness (QED) is 0.798. The number of aryl methyl sites for hydroxylation is 1. The van der Waals surface area contributed by atoms with Crippen molar-refractivity contribution in [3.05, 3.63) is 24.8 Å². The molecule has 1 saturated heterocycles. The molecule has 0 spiro atoms. The molecule has 0 radical (unpaired) electrons. The molecule has 3 heterocycles. The highest BCUT2D eigenvalue weighted by Crippen LogP contribution is 2.25. The first kappa shape index (κ1) is 17.2. The fourth-order valence-electron chi connectivity index (χ4n) is 2.83. The summed E-state index contributed by atoms with van der Waals surface area (Å²) in [7, 11) is 1.63. The minimum Gasteiger partial charge on any atom is -0.383 e. The van der Waals surface area contributed by atoms with Gasteiger partial charge >= 0.3 is 0 Å². The Morgan fingerprint density at radius 1 is 1.48 bits per heavy atom. The van der Waals surface area contributed by atoms with Crippen molar-refractivity contribution in [2.45, 2.75) is 26.4 Å². The zero-order valence-electron chi connectivity index (χ0n) is 14.4. The summed E-state index contributed by atoms with van der Waals surface area (Å²) < 4.78 is 8.58. The molecule has 25 heavy (non-hydrogen) atoms. The first-order valence-corrected chi connectivity index (χ1v) is 8.26. The van der Waals surface area contributed by atoms with E-state index < -0.39 is 5.92 Å². The molecule has 134 valence electrons. The van der Waals surface area contributed by atoms with Crippen LogP contribution in [0.2, 0.25) is 0 Å². The van der Waals surface area contributed by atoms with Crippen LogP contribution in [0, 0.1) is 5.92 Å². The van der Waals surface area contributed by atoms with E-state index in [4.69, 9.17) is 4.74 Å². The summed E-state index contributed by atoms with van der Waals surface area (Å²) >= 11 is 0. The van der Waals surface area contributed by atoms with Crippen LogP contribution in [-0.4, -0.2) is 51.4 Å². The van der Waals surface area contributed by atoms with Gasteiger partial charge in [0.25, 0.3) is 0 Å². The van der Waals surface area contributed by atoms with Gasteiger partial charge < -0.3 is 14.2 Å². The van der Waals surface area contributed by atoms with Gasteiger partial charge in [-0.1, -0.05) is 0 Å². The van der Waals surface area contributed by atoms with Gasteiger partial charge in [-0.15, -0.1) is 0 Å². The Bertz CT molecular complexity index is 753. The van der Waals surface area contributed by atoms with Gasteiger partial charge in [0.05, 0.1) is 31.0 Å². The standard InChI is InChI=1S/C16H22N6O3/c1-3-20-5-4-17-16(20)19-15(24)12-8-14(23)22(10-12)13-9-18-21(11-13)6-7-25-2/h4-5,9,11-12H,3,6-8,10H2,1-2H3,(H,17,19,24). The second-order valence-corrected chi connectivity index (χ2v) is 5.89. The van der Waals surface area contributed by atoms with E-state index in [9.17, 15) is 9.59 Å². The van der Waals surface area contributed by atoms with Crippen molar-refractivity contribution in [1.82, 2.24) is 19.3 Å². The third-order valence-corrected chi connectivity index (χ3v) is 4.24. The number of hydrogen-bond donors (Lipinski definition) is 1. The van der Waals surface area contributed by atoms with E-state index in [-0.39, 0.29) is 18.2 Å². The number of amides is 2. The van der Waals surface area contributed by atoms with E-state index >= 15 is 0 Å². The van der Waals surface area contributed by atoms with Crippen LogP contribution in [0.1, 0.15) is 13.3 Å². The smallest absolute Gasteiger partial charge is 0.232 e. The maximum Gasteiger partial charge on any atom is 0.232 e. The van der Waals surface area contributed by atoms with Crippen molar-refractivity contribution in [3.63, 3.8) is 0 Å². The number of ether oxygens (including phenoxy) is 1. The Labute approximate surface area is 145 Å². The monoisotopic (exact) mass is 346 g/mol. The van der Waals surface area contributed by atoms with Gasteiger partial charge in [-0.25, -0.2) is 4.98 Å². The van der Waals surface area contributed by atoms with E-state index in [1.807, 2.05) is 11.5 Å². The Hall–Kier alpha value is -2.68. The Balaban J connectivity index is 1.63. The van der Waals surface area contributed by atoms with E-state index in [2.05, 4.69) is 15.4 Å². The van der Waals surface area contributed by atoms with Crippen LogP contribution < -0.4 is 10.2 Å². The molecule has 2 aromatic heterocycles. The average molecular weight is 346 g/mol. The van der Waals surface area contributed by atoms with Crippen molar-refractivity contribution < 1.29 is 14.3 Å². The highest BCUT2D eigenvalue weighted by atomic mass is 16.5. The molecular formula is C16H22N6O3. The van der Waals surface area contributed by atoms with Gasteiger partial charge in [-0.2, -0.15) is 5.10 Å². The Kier molecular flexibility index (Phi) is 5.13. The molecule has 2 aromatic rings. The average Bonchev–Trinajstić information content (AvgIpc) is 3.32. The number of carbonyl (C=O) groups is 2. The number of hydrogen-bond acceptors (Lipinski definition) is 5. The van der Waals surface area contributed by atoms with Crippen molar-refractivity contribution >= 4 is 23.5 Å². The Morgan fingerprint density at radius 3 is 3.08 bits per heavy atom. The zero-order chi connectivity index (χ0) is 17.8. The second-order valence-electron chi connectivity index (χ2n) is 5.89. The van der Waals surface area contributed by atoms with Gasteiger partial charge in [-0.05, 0) is 6.92 Å². The number of imidazole rings is 1. The SMILES string of the molecule is CCn1ccnc1NC(=O)C1CC(=O)N(c2cnn(CCOC)c2)C1. The summed E-state index contributed by atoms with van der Waals surface area (Å²) in [6.45, 7) is 4.19. The summed E-state index contributed by atoms with van der Waals surface area (Å²) in [6, 6.07) is 0. The van der Waals surface area contributed by atoms with E-state index in [1.54, 1.807) is 41.5 Å². The van der Waals surface area contributed by atoms with Crippen LogP contribution in [0.15, 0.2) is 24.8 Å². The van der Waals surface area contributed by atoms with E-state index in [0.717, 1.165) is 0 Å². The molecule has 1 N–H and O–H groups in total. The van der Waals surface area contributed by atoms with Gasteiger partial charge in [0.15, 0.2) is 0 Å². The molecule has 2 amide bonds. The number of nitrogens with zero attached hydrogens (tertiary/aromatic N) is 5. The fraction of sp³-hybridized carbons (Fsp3) is 0.500.